The highest BCUT2D eigenvalue weighted by Crippen LogP contribution is 2.29. The molecule has 8 heteroatoms. The number of carbonyl (C=O) groups excluding carboxylic acids is 1. The monoisotopic (exact) mass is 360 g/mol. The number of rotatable bonds is 5. The molecule has 3 nitrogen and oxygen atoms in total. The van der Waals surface area contributed by atoms with E-state index < -0.39 is 11.7 Å². The number of amides is 1. The fourth-order valence-electron chi connectivity index (χ4n) is 1.66. The molecule has 0 radical (unpaired) electrons. The lowest BCUT2D eigenvalue weighted by Crippen LogP contribution is -2.24. The minimum absolute atomic E-state index is 0.0584. The van der Waals surface area contributed by atoms with Gasteiger partial charge >= 0.3 is 6.18 Å². The predicted molar refractivity (Wildman–Crippen MR) is 83.3 cm³/mol. The van der Waals surface area contributed by atoms with Gasteiger partial charge in [-0.2, -0.15) is 13.2 Å². The first kappa shape index (κ1) is 17.6. The van der Waals surface area contributed by atoms with Crippen LogP contribution < -0.4 is 5.32 Å². The molecule has 0 bridgehead atoms. The molecule has 1 N–H and O–H groups in total. The maximum atomic E-state index is 12.4. The first-order chi connectivity index (χ1) is 10.9. The van der Waals surface area contributed by atoms with Crippen molar-refractivity contribution in [3.8, 4) is 0 Å². The number of hydrogen-bond donors (Lipinski definition) is 1. The van der Waals surface area contributed by atoms with Gasteiger partial charge in [0, 0.05) is 17.8 Å². The lowest BCUT2D eigenvalue weighted by atomic mass is 10.2. The highest BCUT2D eigenvalue weighted by atomic mass is 35.5. The zero-order valence-corrected chi connectivity index (χ0v) is 13.3. The van der Waals surface area contributed by atoms with E-state index in [-0.39, 0.29) is 11.7 Å². The Bertz CT molecular complexity index is 677. The molecular weight excluding hydrogens is 349 g/mol. The Morgan fingerprint density at radius 3 is 2.57 bits per heavy atom. The third-order valence-electron chi connectivity index (χ3n) is 2.85. The van der Waals surface area contributed by atoms with Gasteiger partial charge in [0.15, 0.2) is 0 Å². The molecule has 2 rings (SSSR count). The number of halogens is 4. The third-order valence-corrected chi connectivity index (χ3v) is 4.16. The van der Waals surface area contributed by atoms with Crippen LogP contribution in [0.5, 0.6) is 0 Å². The number of alkyl halides is 3. The number of nitrogens with one attached hydrogen (secondary N) is 1. The van der Waals surface area contributed by atoms with Crippen molar-refractivity contribution >= 4 is 29.3 Å². The van der Waals surface area contributed by atoms with Crippen molar-refractivity contribution in [2.45, 2.75) is 17.7 Å². The van der Waals surface area contributed by atoms with Crippen LogP contribution in [0.15, 0.2) is 47.6 Å². The van der Waals surface area contributed by atoms with Crippen molar-refractivity contribution in [3.63, 3.8) is 0 Å². The molecule has 1 aromatic heterocycles. The summed E-state index contributed by atoms with van der Waals surface area (Å²) in [6, 6.07) is 9.32. The quantitative estimate of drug-likeness (QED) is 0.814. The van der Waals surface area contributed by atoms with Crippen molar-refractivity contribution in [2.75, 3.05) is 5.75 Å². The van der Waals surface area contributed by atoms with E-state index >= 15 is 0 Å². The molecule has 122 valence electrons. The van der Waals surface area contributed by atoms with E-state index in [9.17, 15) is 18.0 Å². The van der Waals surface area contributed by atoms with E-state index in [0.29, 0.717) is 16.6 Å². The molecule has 1 aromatic carbocycles. The van der Waals surface area contributed by atoms with Crippen LogP contribution in [0.1, 0.15) is 11.1 Å². The van der Waals surface area contributed by atoms with Crippen LogP contribution in [0, 0.1) is 0 Å². The standard InChI is InChI=1S/C15H12ClF3N2OS/c16-12-4-2-1-3-10(12)7-20-13(22)9-23-14-6-5-11(8-21-14)15(17,18)19/h1-6,8H,7,9H2,(H,20,22). The van der Waals surface area contributed by atoms with Crippen LogP contribution in [0.2, 0.25) is 5.02 Å². The molecule has 23 heavy (non-hydrogen) atoms. The summed E-state index contributed by atoms with van der Waals surface area (Å²) in [5.74, 6) is -0.195. The number of carbonyl (C=O) groups is 1. The van der Waals surface area contributed by atoms with E-state index in [1.807, 2.05) is 6.07 Å². The second kappa shape index (κ2) is 7.70. The fourth-order valence-corrected chi connectivity index (χ4v) is 2.53. The molecule has 0 atom stereocenters. The largest absolute Gasteiger partial charge is 0.417 e. The van der Waals surface area contributed by atoms with Gasteiger partial charge in [0.25, 0.3) is 0 Å². The number of nitrogens with zero attached hydrogens (tertiary/aromatic N) is 1. The maximum absolute atomic E-state index is 12.4. The van der Waals surface area contributed by atoms with Gasteiger partial charge in [-0.15, -0.1) is 0 Å². The minimum Gasteiger partial charge on any atom is -0.351 e. The molecule has 0 aliphatic rings. The number of hydrogen-bond acceptors (Lipinski definition) is 3. The molecule has 2 aromatic rings. The van der Waals surface area contributed by atoms with Crippen LogP contribution >= 0.6 is 23.4 Å². The van der Waals surface area contributed by atoms with E-state index in [1.165, 1.54) is 6.07 Å². The van der Waals surface area contributed by atoms with Gasteiger partial charge in [0.2, 0.25) is 5.91 Å². The molecular formula is C15H12ClF3N2OS. The minimum atomic E-state index is -4.41. The van der Waals surface area contributed by atoms with E-state index in [0.717, 1.165) is 29.6 Å². The summed E-state index contributed by atoms with van der Waals surface area (Å²) in [6.45, 7) is 0.291. The smallest absolute Gasteiger partial charge is 0.351 e. The van der Waals surface area contributed by atoms with Crippen LogP contribution in [0.4, 0.5) is 13.2 Å². The molecule has 0 saturated carbocycles. The molecule has 0 fully saturated rings. The van der Waals surface area contributed by atoms with Gasteiger partial charge in [-0.05, 0) is 23.8 Å². The second-order valence-corrected chi connectivity index (χ2v) is 5.94. The summed E-state index contributed by atoms with van der Waals surface area (Å²) < 4.78 is 37.2. The summed E-state index contributed by atoms with van der Waals surface area (Å²) in [7, 11) is 0. The van der Waals surface area contributed by atoms with Crippen LogP contribution in [0.3, 0.4) is 0 Å². The van der Waals surface area contributed by atoms with Crippen molar-refractivity contribution in [1.82, 2.24) is 10.3 Å². The second-order valence-electron chi connectivity index (χ2n) is 4.54. The Balaban J connectivity index is 1.81. The Kier molecular flexibility index (Phi) is 5.90. The first-order valence-electron chi connectivity index (χ1n) is 6.52. The van der Waals surface area contributed by atoms with Crippen molar-refractivity contribution in [2.24, 2.45) is 0 Å². The molecule has 0 aliphatic heterocycles. The van der Waals surface area contributed by atoms with E-state index in [2.05, 4.69) is 10.3 Å². The van der Waals surface area contributed by atoms with Crippen molar-refractivity contribution < 1.29 is 18.0 Å². The van der Waals surface area contributed by atoms with Gasteiger partial charge in [-0.25, -0.2) is 4.98 Å². The molecule has 1 amide bonds. The SMILES string of the molecule is O=C(CSc1ccc(C(F)(F)F)cn1)NCc1ccccc1Cl. The normalized spacial score (nSPS) is 11.3. The summed E-state index contributed by atoms with van der Waals surface area (Å²) in [6.07, 6.45) is -3.66. The fraction of sp³-hybridized carbons (Fsp3) is 0.200. The van der Waals surface area contributed by atoms with Crippen molar-refractivity contribution in [3.05, 3.63) is 58.7 Å². The highest BCUT2D eigenvalue weighted by molar-refractivity contribution is 7.99. The summed E-state index contributed by atoms with van der Waals surface area (Å²) in [5.41, 5.74) is -0.0230. The summed E-state index contributed by atoms with van der Waals surface area (Å²) in [4.78, 5) is 15.4. The Morgan fingerprint density at radius 2 is 1.96 bits per heavy atom. The zero-order chi connectivity index (χ0) is 16.9. The third kappa shape index (κ3) is 5.44. The Hall–Kier alpha value is -1.73. The van der Waals surface area contributed by atoms with Crippen LogP contribution in [0.25, 0.3) is 0 Å². The lowest BCUT2D eigenvalue weighted by Gasteiger charge is -2.08. The Morgan fingerprint density at radius 1 is 1.22 bits per heavy atom. The maximum Gasteiger partial charge on any atom is 0.417 e. The average molecular weight is 361 g/mol. The van der Waals surface area contributed by atoms with Gasteiger partial charge < -0.3 is 5.32 Å². The average Bonchev–Trinajstić information content (AvgIpc) is 2.51. The number of pyridine rings is 1. The molecule has 0 spiro atoms. The molecule has 1 heterocycles. The molecule has 0 saturated heterocycles. The van der Waals surface area contributed by atoms with Gasteiger partial charge in [-0.1, -0.05) is 41.6 Å². The number of aromatic nitrogens is 1. The van der Waals surface area contributed by atoms with Gasteiger partial charge in [0.1, 0.15) is 0 Å². The van der Waals surface area contributed by atoms with Gasteiger partial charge in [0.05, 0.1) is 16.3 Å². The first-order valence-corrected chi connectivity index (χ1v) is 7.89. The van der Waals surface area contributed by atoms with Crippen molar-refractivity contribution in [1.29, 1.82) is 0 Å². The van der Waals surface area contributed by atoms with Crippen LogP contribution in [-0.4, -0.2) is 16.6 Å². The van der Waals surface area contributed by atoms with E-state index in [1.54, 1.807) is 18.2 Å². The number of benzene rings is 1. The zero-order valence-electron chi connectivity index (χ0n) is 11.7. The lowest BCUT2D eigenvalue weighted by molar-refractivity contribution is -0.137. The van der Waals surface area contributed by atoms with Gasteiger partial charge in [-0.3, -0.25) is 4.79 Å². The molecule has 0 unspecified atom stereocenters. The predicted octanol–water partition coefficient (Wildman–Crippen LogP) is 4.16. The topological polar surface area (TPSA) is 42.0 Å². The highest BCUT2D eigenvalue weighted by Gasteiger charge is 2.30. The van der Waals surface area contributed by atoms with Crippen LogP contribution in [-0.2, 0) is 17.5 Å². The molecule has 0 aliphatic carbocycles. The number of thioether (sulfide) groups is 1. The summed E-state index contributed by atoms with van der Waals surface area (Å²) in [5, 5.41) is 3.61. The Labute approximate surface area is 140 Å². The van der Waals surface area contributed by atoms with E-state index in [4.69, 9.17) is 11.6 Å². The summed E-state index contributed by atoms with van der Waals surface area (Å²) >= 11 is 7.04.